The highest BCUT2D eigenvalue weighted by molar-refractivity contribution is 5.72. The molecule has 0 saturated heterocycles. The van der Waals surface area contributed by atoms with Gasteiger partial charge < -0.3 is 16.4 Å². The van der Waals surface area contributed by atoms with E-state index in [-0.39, 0.29) is 11.0 Å². The van der Waals surface area contributed by atoms with Gasteiger partial charge in [0.15, 0.2) is 0 Å². The van der Waals surface area contributed by atoms with E-state index in [9.17, 15) is 18.0 Å². The van der Waals surface area contributed by atoms with E-state index >= 15 is 0 Å². The number of anilines is 1. The van der Waals surface area contributed by atoms with Gasteiger partial charge in [0.05, 0.1) is 0 Å². The lowest BCUT2D eigenvalue weighted by Crippen LogP contribution is -2.37. The summed E-state index contributed by atoms with van der Waals surface area (Å²) in [6.07, 6.45) is -0.926. The van der Waals surface area contributed by atoms with Crippen LogP contribution in [0.5, 0.6) is 0 Å². The number of amides is 2. The smallest absolute Gasteiger partial charge is 0.312 e. The van der Waals surface area contributed by atoms with E-state index < -0.39 is 24.3 Å². The van der Waals surface area contributed by atoms with Crippen molar-refractivity contribution in [2.45, 2.75) is 37.6 Å². The van der Waals surface area contributed by atoms with E-state index in [2.05, 4.69) is 29.6 Å². The SMILES string of the molecule is Cc1ccc(C2(CNc3ccc(F)c([C@H](NC(N)=O)C(F)F)c3)CC2)cc1. The highest BCUT2D eigenvalue weighted by atomic mass is 19.3. The molecule has 1 atom stereocenters. The Morgan fingerprint density at radius 2 is 1.85 bits per heavy atom. The largest absolute Gasteiger partial charge is 0.384 e. The van der Waals surface area contributed by atoms with Crippen LogP contribution in [0.2, 0.25) is 0 Å². The lowest BCUT2D eigenvalue weighted by atomic mass is 9.95. The van der Waals surface area contributed by atoms with Crippen molar-refractivity contribution < 1.29 is 18.0 Å². The third-order valence-electron chi connectivity index (χ3n) is 5.03. The minimum atomic E-state index is -2.98. The average molecular weight is 377 g/mol. The number of rotatable bonds is 7. The van der Waals surface area contributed by atoms with E-state index in [1.807, 2.05) is 12.2 Å². The zero-order valence-electron chi connectivity index (χ0n) is 14.9. The second kappa shape index (κ2) is 7.50. The minimum Gasteiger partial charge on any atom is -0.384 e. The lowest BCUT2D eigenvalue weighted by molar-refractivity contribution is 0.101. The quantitative estimate of drug-likeness (QED) is 0.675. The van der Waals surface area contributed by atoms with E-state index in [1.165, 1.54) is 23.3 Å². The Balaban J connectivity index is 1.76. The first-order valence-electron chi connectivity index (χ1n) is 8.75. The molecule has 2 amide bonds. The van der Waals surface area contributed by atoms with Gasteiger partial charge in [-0.05, 0) is 43.5 Å². The molecule has 144 valence electrons. The average Bonchev–Trinajstić information content (AvgIpc) is 3.40. The van der Waals surface area contributed by atoms with Crippen molar-refractivity contribution in [2.24, 2.45) is 5.73 Å². The maximum atomic E-state index is 14.1. The van der Waals surface area contributed by atoms with Crippen molar-refractivity contribution in [3.8, 4) is 0 Å². The number of aryl methyl sites for hydroxylation is 1. The van der Waals surface area contributed by atoms with Crippen LogP contribution in [0.15, 0.2) is 42.5 Å². The summed E-state index contributed by atoms with van der Waals surface area (Å²) in [4.78, 5) is 11.0. The summed E-state index contributed by atoms with van der Waals surface area (Å²) in [6, 6.07) is 9.31. The predicted molar refractivity (Wildman–Crippen MR) is 98.4 cm³/mol. The molecule has 1 aliphatic carbocycles. The normalized spacial score (nSPS) is 16.0. The summed E-state index contributed by atoms with van der Waals surface area (Å²) in [5.41, 5.74) is 7.57. The Morgan fingerprint density at radius 1 is 1.19 bits per heavy atom. The molecule has 0 aliphatic heterocycles. The molecule has 1 aliphatic rings. The molecular weight excluding hydrogens is 355 g/mol. The molecule has 3 rings (SSSR count). The first kappa shape index (κ1) is 19.1. The number of nitrogens with two attached hydrogens (primary N) is 1. The van der Waals surface area contributed by atoms with Gasteiger partial charge in [0.1, 0.15) is 11.9 Å². The summed E-state index contributed by atoms with van der Waals surface area (Å²) in [5.74, 6) is -0.820. The number of benzene rings is 2. The number of carbonyl (C=O) groups excluding carboxylic acids is 1. The van der Waals surface area contributed by atoms with E-state index in [0.29, 0.717) is 12.2 Å². The third kappa shape index (κ3) is 4.35. The molecule has 1 fully saturated rings. The van der Waals surface area contributed by atoms with Gasteiger partial charge >= 0.3 is 6.03 Å². The molecule has 1 saturated carbocycles. The molecule has 0 aromatic heterocycles. The Bertz CT molecular complexity index is 820. The fraction of sp³-hybridized carbons (Fsp3) is 0.350. The molecule has 4 N–H and O–H groups in total. The summed E-state index contributed by atoms with van der Waals surface area (Å²) in [5, 5.41) is 5.12. The summed E-state index contributed by atoms with van der Waals surface area (Å²) in [7, 11) is 0. The van der Waals surface area contributed by atoms with Crippen LogP contribution in [-0.2, 0) is 5.41 Å². The predicted octanol–water partition coefficient (Wildman–Crippen LogP) is 4.25. The van der Waals surface area contributed by atoms with Gasteiger partial charge in [0.2, 0.25) is 0 Å². The molecule has 0 spiro atoms. The van der Waals surface area contributed by atoms with Crippen LogP contribution in [0.1, 0.15) is 35.6 Å². The topological polar surface area (TPSA) is 67.2 Å². The van der Waals surface area contributed by atoms with Crippen LogP contribution in [0.4, 0.5) is 23.7 Å². The monoisotopic (exact) mass is 377 g/mol. The van der Waals surface area contributed by atoms with Crippen LogP contribution in [0, 0.1) is 12.7 Å². The summed E-state index contributed by atoms with van der Waals surface area (Å²) < 4.78 is 40.5. The number of nitrogens with one attached hydrogen (secondary N) is 2. The Morgan fingerprint density at radius 3 is 2.41 bits per heavy atom. The van der Waals surface area contributed by atoms with Crippen molar-refractivity contribution in [3.05, 3.63) is 65.0 Å². The summed E-state index contributed by atoms with van der Waals surface area (Å²) >= 11 is 0. The van der Waals surface area contributed by atoms with E-state index in [0.717, 1.165) is 18.9 Å². The number of hydrogen-bond acceptors (Lipinski definition) is 2. The Kier molecular flexibility index (Phi) is 5.30. The van der Waals surface area contributed by atoms with Gasteiger partial charge in [0.25, 0.3) is 6.43 Å². The van der Waals surface area contributed by atoms with Gasteiger partial charge in [0, 0.05) is 23.2 Å². The van der Waals surface area contributed by atoms with Gasteiger partial charge in [-0.15, -0.1) is 0 Å². The first-order chi connectivity index (χ1) is 12.8. The Labute approximate surface area is 155 Å². The van der Waals surface area contributed by atoms with E-state index in [4.69, 9.17) is 5.73 Å². The molecule has 7 heteroatoms. The highest BCUT2D eigenvalue weighted by Gasteiger charge is 2.43. The molecule has 0 unspecified atom stereocenters. The molecule has 0 bridgehead atoms. The van der Waals surface area contributed by atoms with Gasteiger partial charge in [-0.3, -0.25) is 0 Å². The maximum absolute atomic E-state index is 14.1. The molecule has 0 heterocycles. The number of urea groups is 1. The first-order valence-corrected chi connectivity index (χ1v) is 8.75. The molecular formula is C20H22F3N3O. The molecule has 27 heavy (non-hydrogen) atoms. The van der Waals surface area contributed by atoms with Gasteiger partial charge in [-0.1, -0.05) is 29.8 Å². The van der Waals surface area contributed by atoms with Crippen molar-refractivity contribution in [2.75, 3.05) is 11.9 Å². The van der Waals surface area contributed by atoms with Crippen LogP contribution >= 0.6 is 0 Å². The number of primary amides is 1. The van der Waals surface area contributed by atoms with Crippen molar-refractivity contribution in [3.63, 3.8) is 0 Å². The minimum absolute atomic E-state index is 0.00976. The van der Waals surface area contributed by atoms with Gasteiger partial charge in [-0.2, -0.15) is 0 Å². The number of carbonyl (C=O) groups is 1. The fourth-order valence-electron chi connectivity index (χ4n) is 3.22. The van der Waals surface area contributed by atoms with Gasteiger partial charge in [-0.25, -0.2) is 18.0 Å². The van der Waals surface area contributed by atoms with Crippen LogP contribution in [0.25, 0.3) is 0 Å². The van der Waals surface area contributed by atoms with E-state index in [1.54, 1.807) is 0 Å². The number of alkyl halides is 2. The van der Waals surface area contributed by atoms with Crippen LogP contribution < -0.4 is 16.4 Å². The number of halogens is 3. The zero-order valence-corrected chi connectivity index (χ0v) is 14.9. The molecule has 2 aromatic rings. The van der Waals surface area contributed by atoms with Crippen LogP contribution in [0.3, 0.4) is 0 Å². The van der Waals surface area contributed by atoms with Crippen molar-refractivity contribution in [1.82, 2.24) is 5.32 Å². The molecule has 2 aromatic carbocycles. The number of hydrogen-bond donors (Lipinski definition) is 3. The van der Waals surface area contributed by atoms with Crippen molar-refractivity contribution in [1.29, 1.82) is 0 Å². The standard InChI is InChI=1S/C20H22F3N3O/c1-12-2-4-13(5-3-12)20(8-9-20)11-25-14-6-7-16(21)15(10-14)17(18(22)23)26-19(24)27/h2-7,10,17-18,25H,8-9,11H2,1H3,(H3,24,26,27)/t17-/m0/s1. The Hall–Kier alpha value is -2.70. The molecule has 4 nitrogen and oxygen atoms in total. The lowest BCUT2D eigenvalue weighted by Gasteiger charge is -2.21. The van der Waals surface area contributed by atoms with Crippen molar-refractivity contribution >= 4 is 11.7 Å². The second-order valence-corrected chi connectivity index (χ2v) is 7.06. The summed E-state index contributed by atoms with van der Waals surface area (Å²) in [6.45, 7) is 2.64. The van der Waals surface area contributed by atoms with Crippen LogP contribution in [-0.4, -0.2) is 19.0 Å². The second-order valence-electron chi connectivity index (χ2n) is 7.06. The highest BCUT2D eigenvalue weighted by Crippen LogP contribution is 2.48. The maximum Gasteiger partial charge on any atom is 0.312 e. The molecule has 0 radical (unpaired) electrons. The third-order valence-corrected chi connectivity index (χ3v) is 5.03. The zero-order chi connectivity index (χ0) is 19.6. The fourth-order valence-corrected chi connectivity index (χ4v) is 3.22.